The Morgan fingerprint density at radius 3 is 2.62 bits per heavy atom. The van der Waals surface area contributed by atoms with Crippen molar-refractivity contribution >= 4 is 17.8 Å². The smallest absolute Gasteiger partial charge is 0.323 e. The van der Waals surface area contributed by atoms with Crippen LogP contribution in [0.25, 0.3) is 0 Å². The van der Waals surface area contributed by atoms with Crippen LogP contribution in [0, 0.1) is 5.82 Å². The molecule has 1 fully saturated rings. The zero-order valence-corrected chi connectivity index (χ0v) is 14.9. The molecule has 0 aromatic heterocycles. The summed E-state index contributed by atoms with van der Waals surface area (Å²) >= 11 is 0. The van der Waals surface area contributed by atoms with Crippen molar-refractivity contribution < 1.29 is 28.6 Å². The summed E-state index contributed by atoms with van der Waals surface area (Å²) in [6, 6.07) is 3.84. The molecule has 1 aromatic carbocycles. The number of carbonyl (C=O) groups is 3. The maximum Gasteiger partial charge on any atom is 0.323 e. The Bertz CT molecular complexity index is 694. The van der Waals surface area contributed by atoms with E-state index in [-0.39, 0.29) is 24.1 Å². The van der Waals surface area contributed by atoms with Gasteiger partial charge in [-0.2, -0.15) is 0 Å². The van der Waals surface area contributed by atoms with E-state index in [0.29, 0.717) is 38.1 Å². The average molecular weight is 366 g/mol. The molecule has 0 radical (unpaired) electrons. The predicted molar refractivity (Wildman–Crippen MR) is 91.5 cm³/mol. The molecular weight excluding hydrogens is 343 g/mol. The molecule has 1 heterocycles. The first-order chi connectivity index (χ1) is 12.3. The number of hydrogen-bond donors (Lipinski definition) is 1. The lowest BCUT2D eigenvalue weighted by Crippen LogP contribution is -2.43. The molecule has 7 nitrogen and oxygen atoms in total. The molecule has 0 aliphatic carbocycles. The van der Waals surface area contributed by atoms with Crippen LogP contribution < -0.4 is 4.74 Å². The van der Waals surface area contributed by atoms with Gasteiger partial charge in [0.15, 0.2) is 0 Å². The molecule has 142 valence electrons. The molecule has 1 atom stereocenters. The Labute approximate surface area is 151 Å². The van der Waals surface area contributed by atoms with Crippen LogP contribution in [0.15, 0.2) is 18.2 Å². The van der Waals surface area contributed by atoms with E-state index in [1.807, 2.05) is 0 Å². The van der Waals surface area contributed by atoms with Crippen LogP contribution in [-0.2, 0) is 9.59 Å². The fourth-order valence-electron chi connectivity index (χ4n) is 3.20. The minimum Gasteiger partial charge on any atom is -0.497 e. The highest BCUT2D eigenvalue weighted by Crippen LogP contribution is 2.21. The summed E-state index contributed by atoms with van der Waals surface area (Å²) in [5.74, 6) is -2.11. The lowest BCUT2D eigenvalue weighted by Gasteiger charge is -2.28. The lowest BCUT2D eigenvalue weighted by atomic mass is 10.1. The van der Waals surface area contributed by atoms with Crippen molar-refractivity contribution in [2.45, 2.75) is 32.2 Å². The molecule has 1 aliphatic rings. The van der Waals surface area contributed by atoms with Gasteiger partial charge in [-0.25, -0.2) is 4.39 Å². The van der Waals surface area contributed by atoms with Crippen LogP contribution >= 0.6 is 0 Å². The zero-order valence-electron chi connectivity index (χ0n) is 14.9. The molecule has 8 heteroatoms. The number of benzene rings is 1. The summed E-state index contributed by atoms with van der Waals surface area (Å²) in [5.41, 5.74) is -0.0294. The minimum absolute atomic E-state index is 0.0294. The number of amides is 2. The molecule has 0 spiro atoms. The summed E-state index contributed by atoms with van der Waals surface area (Å²) in [5, 5.41) is 8.99. The van der Waals surface area contributed by atoms with Crippen LogP contribution in [0.3, 0.4) is 0 Å². The lowest BCUT2D eigenvalue weighted by molar-refractivity contribution is -0.145. The van der Waals surface area contributed by atoms with Crippen LogP contribution in [0.4, 0.5) is 4.39 Å². The number of carboxylic acid groups (broad SMARTS) is 1. The predicted octanol–water partition coefficient (Wildman–Crippen LogP) is 1.76. The monoisotopic (exact) mass is 366 g/mol. The number of rotatable bonds is 5. The number of carboxylic acids is 1. The first kappa shape index (κ1) is 19.7. The number of carbonyl (C=O) groups excluding carboxylic acids is 2. The Balaban J connectivity index is 2.08. The highest BCUT2D eigenvalue weighted by Gasteiger charge is 2.28. The van der Waals surface area contributed by atoms with Crippen molar-refractivity contribution in [1.29, 1.82) is 0 Å². The topological polar surface area (TPSA) is 87.2 Å². The normalized spacial score (nSPS) is 17.3. The van der Waals surface area contributed by atoms with Gasteiger partial charge in [0.1, 0.15) is 18.1 Å². The fourth-order valence-corrected chi connectivity index (χ4v) is 3.20. The Hall–Kier alpha value is -2.64. The summed E-state index contributed by atoms with van der Waals surface area (Å²) in [4.78, 5) is 38.2. The molecular formula is C18H23FN2O5. The SMILES string of the molecule is COc1ccc(C(=O)N2CCCC(N(CC(=O)O)C(C)=O)CC2)c(F)c1. The molecule has 26 heavy (non-hydrogen) atoms. The van der Waals surface area contributed by atoms with Gasteiger partial charge in [-0.1, -0.05) is 0 Å². The van der Waals surface area contributed by atoms with Crippen molar-refractivity contribution in [1.82, 2.24) is 9.80 Å². The standard InChI is InChI=1S/C18H23FN2O5/c1-12(22)21(11-17(23)24)13-4-3-8-20(9-7-13)18(25)15-6-5-14(26-2)10-16(15)19/h5-6,10,13H,3-4,7-9,11H2,1-2H3,(H,23,24). The molecule has 0 bridgehead atoms. The van der Waals surface area contributed by atoms with Gasteiger partial charge in [0.05, 0.1) is 12.7 Å². The van der Waals surface area contributed by atoms with Crippen LogP contribution in [0.5, 0.6) is 5.75 Å². The molecule has 1 aliphatic heterocycles. The largest absolute Gasteiger partial charge is 0.497 e. The Kier molecular flexibility index (Phi) is 6.54. The number of aliphatic carboxylic acids is 1. The molecule has 2 rings (SSSR count). The number of hydrogen-bond acceptors (Lipinski definition) is 4. The van der Waals surface area contributed by atoms with Crippen molar-refractivity contribution in [2.24, 2.45) is 0 Å². The van der Waals surface area contributed by atoms with E-state index in [1.165, 1.54) is 31.1 Å². The Morgan fingerprint density at radius 1 is 1.31 bits per heavy atom. The molecule has 1 N–H and O–H groups in total. The van der Waals surface area contributed by atoms with Gasteiger partial charge >= 0.3 is 5.97 Å². The second kappa shape index (κ2) is 8.64. The van der Waals surface area contributed by atoms with Gasteiger partial charge in [0, 0.05) is 32.1 Å². The van der Waals surface area contributed by atoms with Gasteiger partial charge < -0.3 is 19.6 Å². The second-order valence-electron chi connectivity index (χ2n) is 6.26. The highest BCUT2D eigenvalue weighted by molar-refractivity contribution is 5.94. The van der Waals surface area contributed by atoms with Crippen molar-refractivity contribution in [3.8, 4) is 5.75 Å². The third-order valence-corrected chi connectivity index (χ3v) is 4.54. The summed E-state index contributed by atoms with van der Waals surface area (Å²) in [6.45, 7) is 1.74. The zero-order chi connectivity index (χ0) is 19.3. The van der Waals surface area contributed by atoms with E-state index in [2.05, 4.69) is 0 Å². The number of methoxy groups -OCH3 is 1. The van der Waals surface area contributed by atoms with Gasteiger partial charge in [0.2, 0.25) is 5.91 Å². The molecule has 0 saturated carbocycles. The third kappa shape index (κ3) is 4.71. The number of nitrogens with zero attached hydrogens (tertiary/aromatic N) is 2. The van der Waals surface area contributed by atoms with E-state index >= 15 is 0 Å². The van der Waals surface area contributed by atoms with E-state index in [9.17, 15) is 18.8 Å². The maximum absolute atomic E-state index is 14.2. The first-order valence-corrected chi connectivity index (χ1v) is 8.45. The van der Waals surface area contributed by atoms with Gasteiger partial charge in [-0.3, -0.25) is 14.4 Å². The number of ether oxygens (including phenoxy) is 1. The van der Waals surface area contributed by atoms with Gasteiger partial charge in [-0.15, -0.1) is 0 Å². The van der Waals surface area contributed by atoms with Crippen LogP contribution in [0.2, 0.25) is 0 Å². The van der Waals surface area contributed by atoms with Crippen molar-refractivity contribution in [3.63, 3.8) is 0 Å². The molecule has 2 amide bonds. The minimum atomic E-state index is -1.07. The molecule has 1 unspecified atom stereocenters. The second-order valence-corrected chi connectivity index (χ2v) is 6.26. The van der Waals surface area contributed by atoms with E-state index in [1.54, 1.807) is 4.90 Å². The quantitative estimate of drug-likeness (QED) is 0.858. The summed E-state index contributed by atoms with van der Waals surface area (Å²) in [6.07, 6.45) is 1.66. The maximum atomic E-state index is 14.2. The van der Waals surface area contributed by atoms with Crippen molar-refractivity contribution in [3.05, 3.63) is 29.6 Å². The summed E-state index contributed by atoms with van der Waals surface area (Å²) < 4.78 is 19.1. The van der Waals surface area contributed by atoms with Gasteiger partial charge in [-0.05, 0) is 31.4 Å². The molecule has 1 saturated heterocycles. The first-order valence-electron chi connectivity index (χ1n) is 8.45. The van der Waals surface area contributed by atoms with Crippen LogP contribution in [-0.4, -0.2) is 65.5 Å². The van der Waals surface area contributed by atoms with Crippen LogP contribution in [0.1, 0.15) is 36.5 Å². The average Bonchev–Trinajstić information content (AvgIpc) is 2.84. The Morgan fingerprint density at radius 2 is 2.04 bits per heavy atom. The molecule has 1 aromatic rings. The van der Waals surface area contributed by atoms with E-state index < -0.39 is 17.7 Å². The highest BCUT2D eigenvalue weighted by atomic mass is 19.1. The third-order valence-electron chi connectivity index (χ3n) is 4.54. The summed E-state index contributed by atoms with van der Waals surface area (Å²) in [7, 11) is 1.42. The van der Waals surface area contributed by atoms with E-state index in [4.69, 9.17) is 9.84 Å². The number of likely N-dealkylation sites (tertiary alicyclic amines) is 1. The fraction of sp³-hybridized carbons (Fsp3) is 0.500. The van der Waals surface area contributed by atoms with Crippen molar-refractivity contribution in [2.75, 3.05) is 26.7 Å². The van der Waals surface area contributed by atoms with E-state index in [0.717, 1.165) is 6.07 Å². The number of halogens is 1. The van der Waals surface area contributed by atoms with Gasteiger partial charge in [0.25, 0.3) is 5.91 Å².